The van der Waals surface area contributed by atoms with Crippen LogP contribution in [0.2, 0.25) is 5.02 Å². The number of rotatable bonds is 5. The Hall–Kier alpha value is -1.45. The Morgan fingerprint density at radius 2 is 2.05 bits per heavy atom. The lowest BCUT2D eigenvalue weighted by atomic mass is 10.2. The van der Waals surface area contributed by atoms with Gasteiger partial charge < -0.3 is 14.5 Å². The van der Waals surface area contributed by atoms with Crippen LogP contribution >= 0.6 is 11.6 Å². The number of hydrogen-bond donors (Lipinski definition) is 1. The first-order valence-corrected chi connectivity index (χ1v) is 7.80. The quantitative estimate of drug-likeness (QED) is 0.873. The minimum Gasteiger partial charge on any atom is -0.495 e. The predicted octanol–water partition coefficient (Wildman–Crippen LogP) is 4.64. The van der Waals surface area contributed by atoms with Gasteiger partial charge in [0.15, 0.2) is 0 Å². The lowest BCUT2D eigenvalue weighted by Crippen LogP contribution is -2.24. The fourth-order valence-corrected chi connectivity index (χ4v) is 3.08. The third-order valence-electron chi connectivity index (χ3n) is 4.02. The van der Waals surface area contributed by atoms with Crippen molar-refractivity contribution in [1.82, 2.24) is 5.32 Å². The molecule has 0 radical (unpaired) electrons. The van der Waals surface area contributed by atoms with E-state index in [1.807, 2.05) is 30.3 Å². The highest BCUT2D eigenvalue weighted by Crippen LogP contribution is 2.31. The molecule has 1 aliphatic carbocycles. The van der Waals surface area contributed by atoms with Crippen molar-refractivity contribution in [2.24, 2.45) is 0 Å². The number of halogens is 1. The first-order valence-electron chi connectivity index (χ1n) is 7.42. The lowest BCUT2D eigenvalue weighted by Gasteiger charge is -2.09. The number of furan rings is 1. The van der Waals surface area contributed by atoms with E-state index in [-0.39, 0.29) is 0 Å². The average molecular weight is 306 g/mol. The molecule has 1 saturated carbocycles. The zero-order valence-electron chi connectivity index (χ0n) is 12.2. The minimum absolute atomic E-state index is 0.594. The number of methoxy groups -OCH3 is 1. The maximum absolute atomic E-state index is 6.15. The number of ether oxygens (including phenoxy) is 1. The summed E-state index contributed by atoms with van der Waals surface area (Å²) in [6.45, 7) is 0.786. The Morgan fingerprint density at radius 3 is 2.76 bits per heavy atom. The van der Waals surface area contributed by atoms with Crippen LogP contribution in [0.4, 0.5) is 0 Å². The molecule has 0 atom stereocenters. The normalized spacial score (nSPS) is 15.5. The second-order valence-corrected chi connectivity index (χ2v) is 5.88. The fourth-order valence-electron chi connectivity index (χ4n) is 2.82. The molecule has 21 heavy (non-hydrogen) atoms. The molecule has 1 N–H and O–H groups in total. The molecule has 2 aromatic rings. The summed E-state index contributed by atoms with van der Waals surface area (Å²) in [6, 6.07) is 10.3. The standard InChI is InChI=1S/C17H20ClNO2/c1-20-17-8-6-12(10-15(17)18)16-9-7-14(21-16)11-19-13-4-2-3-5-13/h6-10,13,19H,2-5,11H2,1H3. The molecule has 1 fully saturated rings. The van der Waals surface area contributed by atoms with Gasteiger partial charge in [0.1, 0.15) is 17.3 Å². The summed E-state index contributed by atoms with van der Waals surface area (Å²) in [6.07, 6.45) is 5.24. The van der Waals surface area contributed by atoms with Gasteiger partial charge in [0.25, 0.3) is 0 Å². The zero-order chi connectivity index (χ0) is 14.7. The maximum Gasteiger partial charge on any atom is 0.137 e. The van der Waals surface area contributed by atoms with E-state index in [0.717, 1.165) is 23.6 Å². The largest absolute Gasteiger partial charge is 0.495 e. The van der Waals surface area contributed by atoms with Crippen LogP contribution in [0.15, 0.2) is 34.7 Å². The van der Waals surface area contributed by atoms with Gasteiger partial charge in [0.05, 0.1) is 18.7 Å². The van der Waals surface area contributed by atoms with Crippen LogP contribution in [-0.4, -0.2) is 13.2 Å². The van der Waals surface area contributed by atoms with Crippen LogP contribution in [0.1, 0.15) is 31.4 Å². The van der Waals surface area contributed by atoms with Crippen LogP contribution < -0.4 is 10.1 Å². The van der Waals surface area contributed by atoms with Crippen molar-refractivity contribution >= 4 is 11.6 Å². The third-order valence-corrected chi connectivity index (χ3v) is 4.31. The summed E-state index contributed by atoms with van der Waals surface area (Å²) in [5.41, 5.74) is 0.966. The maximum atomic E-state index is 6.15. The van der Waals surface area contributed by atoms with E-state index < -0.39 is 0 Å². The van der Waals surface area contributed by atoms with Crippen molar-refractivity contribution in [3.05, 3.63) is 41.1 Å². The van der Waals surface area contributed by atoms with Crippen LogP contribution in [0.3, 0.4) is 0 Å². The average Bonchev–Trinajstić information content (AvgIpc) is 3.16. The van der Waals surface area contributed by atoms with Crippen molar-refractivity contribution < 1.29 is 9.15 Å². The van der Waals surface area contributed by atoms with Gasteiger partial charge >= 0.3 is 0 Å². The summed E-state index contributed by atoms with van der Waals surface area (Å²) >= 11 is 6.15. The molecule has 0 bridgehead atoms. The van der Waals surface area contributed by atoms with E-state index in [4.69, 9.17) is 20.8 Å². The monoisotopic (exact) mass is 305 g/mol. The van der Waals surface area contributed by atoms with Crippen molar-refractivity contribution in [3.63, 3.8) is 0 Å². The smallest absolute Gasteiger partial charge is 0.137 e. The van der Waals surface area contributed by atoms with Gasteiger partial charge in [0, 0.05) is 11.6 Å². The highest BCUT2D eigenvalue weighted by molar-refractivity contribution is 6.32. The summed E-state index contributed by atoms with van der Waals surface area (Å²) < 4.78 is 11.1. The number of benzene rings is 1. The van der Waals surface area contributed by atoms with Gasteiger partial charge in [-0.1, -0.05) is 24.4 Å². The van der Waals surface area contributed by atoms with Crippen LogP contribution in [0, 0.1) is 0 Å². The molecule has 0 saturated heterocycles. The number of hydrogen-bond acceptors (Lipinski definition) is 3. The molecule has 0 spiro atoms. The molecule has 4 heteroatoms. The minimum atomic E-state index is 0.594. The van der Waals surface area contributed by atoms with E-state index in [9.17, 15) is 0 Å². The van der Waals surface area contributed by atoms with Crippen LogP contribution in [-0.2, 0) is 6.54 Å². The van der Waals surface area contributed by atoms with Gasteiger partial charge in [-0.3, -0.25) is 0 Å². The zero-order valence-corrected chi connectivity index (χ0v) is 13.0. The number of nitrogens with one attached hydrogen (secondary N) is 1. The van der Waals surface area contributed by atoms with Gasteiger partial charge in [-0.2, -0.15) is 0 Å². The second kappa shape index (κ2) is 6.54. The summed E-state index contributed by atoms with van der Waals surface area (Å²) in [5, 5.41) is 4.15. The molecule has 1 aromatic heterocycles. The first kappa shape index (κ1) is 14.5. The summed E-state index contributed by atoms with van der Waals surface area (Å²) in [5.74, 6) is 2.47. The predicted molar refractivity (Wildman–Crippen MR) is 84.8 cm³/mol. The van der Waals surface area contributed by atoms with Gasteiger partial charge in [-0.15, -0.1) is 0 Å². The highest BCUT2D eigenvalue weighted by Gasteiger charge is 2.15. The molecule has 0 unspecified atom stereocenters. The van der Waals surface area contributed by atoms with Gasteiger partial charge in [0.2, 0.25) is 0 Å². The molecular formula is C17H20ClNO2. The SMILES string of the molecule is COc1ccc(-c2ccc(CNC3CCCC3)o2)cc1Cl. The van der Waals surface area contributed by atoms with Crippen molar-refractivity contribution in [1.29, 1.82) is 0 Å². The molecule has 1 aliphatic rings. The molecular weight excluding hydrogens is 286 g/mol. The van der Waals surface area contributed by atoms with E-state index in [0.29, 0.717) is 16.8 Å². The third kappa shape index (κ3) is 3.42. The van der Waals surface area contributed by atoms with E-state index >= 15 is 0 Å². The van der Waals surface area contributed by atoms with Gasteiger partial charge in [-0.25, -0.2) is 0 Å². The van der Waals surface area contributed by atoms with Crippen molar-refractivity contribution in [2.45, 2.75) is 38.3 Å². The topological polar surface area (TPSA) is 34.4 Å². The highest BCUT2D eigenvalue weighted by atomic mass is 35.5. The first-order chi connectivity index (χ1) is 10.3. The van der Waals surface area contributed by atoms with Crippen LogP contribution in [0.5, 0.6) is 5.75 Å². The lowest BCUT2D eigenvalue weighted by molar-refractivity contribution is 0.415. The molecule has 1 aromatic carbocycles. The van der Waals surface area contributed by atoms with E-state index in [1.165, 1.54) is 25.7 Å². The Kier molecular flexibility index (Phi) is 4.51. The Bertz CT molecular complexity index is 603. The fraction of sp³-hybridized carbons (Fsp3) is 0.412. The van der Waals surface area contributed by atoms with Crippen molar-refractivity contribution in [3.8, 4) is 17.1 Å². The molecule has 1 heterocycles. The molecule has 0 amide bonds. The van der Waals surface area contributed by atoms with Crippen molar-refractivity contribution in [2.75, 3.05) is 7.11 Å². The van der Waals surface area contributed by atoms with E-state index in [2.05, 4.69) is 5.32 Å². The second-order valence-electron chi connectivity index (χ2n) is 5.48. The molecule has 112 valence electrons. The molecule has 3 nitrogen and oxygen atoms in total. The van der Waals surface area contributed by atoms with Gasteiger partial charge in [-0.05, 0) is 43.2 Å². The summed E-state index contributed by atoms with van der Waals surface area (Å²) in [7, 11) is 1.61. The Morgan fingerprint density at radius 1 is 1.24 bits per heavy atom. The molecule has 3 rings (SSSR count). The van der Waals surface area contributed by atoms with E-state index in [1.54, 1.807) is 7.11 Å². The Balaban J connectivity index is 1.67. The Labute approximate surface area is 130 Å². The summed E-state index contributed by atoms with van der Waals surface area (Å²) in [4.78, 5) is 0. The van der Waals surface area contributed by atoms with Crippen LogP contribution in [0.25, 0.3) is 11.3 Å². The molecule has 0 aliphatic heterocycles.